The van der Waals surface area contributed by atoms with Crippen molar-refractivity contribution in [1.82, 2.24) is 24.9 Å². The first kappa shape index (κ1) is 17.7. The first-order valence-corrected chi connectivity index (χ1v) is 9.55. The molecule has 10 heteroatoms. The largest absolute Gasteiger partial charge is 0.468 e. The van der Waals surface area contributed by atoms with E-state index in [9.17, 15) is 4.79 Å². The molecule has 0 bridgehead atoms. The van der Waals surface area contributed by atoms with Crippen molar-refractivity contribution in [2.75, 3.05) is 30.9 Å². The van der Waals surface area contributed by atoms with Crippen LogP contribution in [0.25, 0.3) is 5.65 Å². The summed E-state index contributed by atoms with van der Waals surface area (Å²) < 4.78 is 12.6. The van der Waals surface area contributed by atoms with Gasteiger partial charge < -0.3 is 25.4 Å². The van der Waals surface area contributed by atoms with Crippen LogP contribution in [0.2, 0.25) is 0 Å². The Bertz CT molecular complexity index is 1060. The van der Waals surface area contributed by atoms with Gasteiger partial charge in [0.2, 0.25) is 5.88 Å². The first-order valence-electron chi connectivity index (χ1n) is 9.55. The number of fused-ring (bicyclic) bond motifs is 1. The molecule has 1 aliphatic carbocycles. The van der Waals surface area contributed by atoms with Crippen LogP contribution in [0.15, 0.2) is 30.6 Å². The summed E-state index contributed by atoms with van der Waals surface area (Å²) in [6.45, 7) is 1.11. The van der Waals surface area contributed by atoms with E-state index in [1.165, 1.54) is 0 Å². The van der Waals surface area contributed by atoms with Crippen molar-refractivity contribution in [3.8, 4) is 5.88 Å². The lowest BCUT2D eigenvalue weighted by atomic mass is 10.3. The Morgan fingerprint density at radius 3 is 2.93 bits per heavy atom. The van der Waals surface area contributed by atoms with Gasteiger partial charge in [0, 0.05) is 25.4 Å². The van der Waals surface area contributed by atoms with Gasteiger partial charge in [-0.1, -0.05) is 0 Å². The van der Waals surface area contributed by atoms with E-state index in [2.05, 4.69) is 31.0 Å². The highest BCUT2D eigenvalue weighted by Crippen LogP contribution is 2.28. The second-order valence-corrected chi connectivity index (χ2v) is 7.08. The maximum Gasteiger partial charge on any atom is 0.256 e. The molecule has 0 atom stereocenters. The third kappa shape index (κ3) is 3.54. The molecule has 150 valence electrons. The van der Waals surface area contributed by atoms with Crippen LogP contribution in [0.3, 0.4) is 0 Å². The topological polar surface area (TPSA) is 115 Å². The van der Waals surface area contributed by atoms with Crippen LogP contribution in [-0.4, -0.2) is 57.9 Å². The van der Waals surface area contributed by atoms with E-state index in [1.54, 1.807) is 24.0 Å². The zero-order valence-corrected chi connectivity index (χ0v) is 15.9. The van der Waals surface area contributed by atoms with E-state index in [1.807, 2.05) is 18.2 Å². The van der Waals surface area contributed by atoms with Crippen molar-refractivity contribution < 1.29 is 14.3 Å². The van der Waals surface area contributed by atoms with Crippen LogP contribution in [-0.2, 0) is 4.74 Å². The maximum atomic E-state index is 12.6. The van der Waals surface area contributed by atoms with Gasteiger partial charge in [0.15, 0.2) is 5.65 Å². The quantitative estimate of drug-likeness (QED) is 0.552. The van der Waals surface area contributed by atoms with E-state index in [-0.39, 0.29) is 18.1 Å². The summed E-state index contributed by atoms with van der Waals surface area (Å²) in [5, 5.41) is 13.6. The zero-order valence-electron chi connectivity index (χ0n) is 15.9. The molecular weight excluding hydrogens is 374 g/mol. The monoisotopic (exact) mass is 395 g/mol. The fourth-order valence-corrected chi connectivity index (χ4v) is 3.01. The third-order valence-electron chi connectivity index (χ3n) is 4.80. The lowest BCUT2D eigenvalue weighted by Crippen LogP contribution is -2.38. The number of nitrogens with zero attached hydrogens (tertiary/aromatic N) is 4. The number of carbonyl (C=O) groups is 1. The standard InChI is InChI=1S/C19H21N7O3/c1-20-16-7-15(24-14-3-2-6-21-19(14)29-12-9-28-10-12)25-17-13(8-22-26(16)17)18(27)23-11-4-5-11/h2-3,6-8,11-12,20H,4-5,9-10H2,1H3,(H,23,27)(H,24,25). The Labute approximate surface area is 166 Å². The van der Waals surface area contributed by atoms with Crippen LogP contribution in [0.5, 0.6) is 5.88 Å². The number of rotatable bonds is 7. The maximum absolute atomic E-state index is 12.6. The highest BCUT2D eigenvalue weighted by Gasteiger charge is 2.26. The first-order chi connectivity index (χ1) is 14.2. The van der Waals surface area contributed by atoms with Gasteiger partial charge in [-0.25, -0.2) is 9.97 Å². The second-order valence-electron chi connectivity index (χ2n) is 7.08. The average molecular weight is 395 g/mol. The summed E-state index contributed by atoms with van der Waals surface area (Å²) in [6, 6.07) is 5.75. The van der Waals surface area contributed by atoms with E-state index >= 15 is 0 Å². The van der Waals surface area contributed by atoms with Crippen molar-refractivity contribution in [2.24, 2.45) is 0 Å². The molecule has 0 radical (unpaired) electrons. The summed E-state index contributed by atoms with van der Waals surface area (Å²) >= 11 is 0. The number of ether oxygens (including phenoxy) is 2. The normalized spacial score (nSPS) is 16.3. The molecule has 0 aromatic carbocycles. The van der Waals surface area contributed by atoms with Crippen LogP contribution in [0.1, 0.15) is 23.2 Å². The molecule has 3 aromatic heterocycles. The lowest BCUT2D eigenvalue weighted by molar-refractivity contribution is -0.0810. The second kappa shape index (κ2) is 7.21. The Morgan fingerprint density at radius 2 is 2.21 bits per heavy atom. The summed E-state index contributed by atoms with van der Waals surface area (Å²) in [6.07, 6.45) is 5.25. The third-order valence-corrected chi connectivity index (χ3v) is 4.80. The van der Waals surface area contributed by atoms with Crippen molar-refractivity contribution >= 4 is 28.9 Å². The summed E-state index contributed by atoms with van der Waals surface area (Å²) in [4.78, 5) is 21.5. The highest BCUT2D eigenvalue weighted by molar-refractivity contribution is 6.00. The minimum absolute atomic E-state index is 0.00121. The molecule has 1 aliphatic heterocycles. The summed E-state index contributed by atoms with van der Waals surface area (Å²) in [5.74, 6) is 1.56. The molecule has 1 saturated carbocycles. The number of pyridine rings is 1. The van der Waals surface area contributed by atoms with Gasteiger partial charge in [-0.05, 0) is 25.0 Å². The van der Waals surface area contributed by atoms with Crippen molar-refractivity contribution in [3.63, 3.8) is 0 Å². The van der Waals surface area contributed by atoms with Crippen LogP contribution in [0.4, 0.5) is 17.3 Å². The molecule has 3 N–H and O–H groups in total. The lowest BCUT2D eigenvalue weighted by Gasteiger charge is -2.27. The Hall–Kier alpha value is -3.40. The molecule has 3 aromatic rings. The molecule has 1 saturated heterocycles. The van der Waals surface area contributed by atoms with Crippen LogP contribution < -0.4 is 20.7 Å². The minimum atomic E-state index is -0.162. The SMILES string of the molecule is CNc1cc(Nc2cccnc2OC2COC2)nc2c(C(=O)NC3CC3)cnn12. The minimum Gasteiger partial charge on any atom is -0.468 e. The van der Waals surface area contributed by atoms with E-state index in [0.29, 0.717) is 47.6 Å². The van der Waals surface area contributed by atoms with Crippen molar-refractivity contribution in [2.45, 2.75) is 25.0 Å². The Morgan fingerprint density at radius 1 is 1.34 bits per heavy atom. The molecule has 29 heavy (non-hydrogen) atoms. The van der Waals surface area contributed by atoms with E-state index in [0.717, 1.165) is 12.8 Å². The predicted octanol–water partition coefficient (Wildman–Crippen LogP) is 1.58. The number of hydrogen-bond acceptors (Lipinski definition) is 8. The number of nitrogens with one attached hydrogen (secondary N) is 3. The van der Waals surface area contributed by atoms with Crippen molar-refractivity contribution in [3.05, 3.63) is 36.2 Å². The summed E-state index contributed by atoms with van der Waals surface area (Å²) in [5.41, 5.74) is 1.59. The van der Waals surface area contributed by atoms with Crippen molar-refractivity contribution in [1.29, 1.82) is 0 Å². The molecule has 2 aliphatic rings. The van der Waals surface area contributed by atoms with E-state index in [4.69, 9.17) is 9.47 Å². The fraction of sp³-hybridized carbons (Fsp3) is 0.368. The zero-order chi connectivity index (χ0) is 19.8. The number of hydrogen-bond donors (Lipinski definition) is 3. The van der Waals surface area contributed by atoms with Crippen LogP contribution >= 0.6 is 0 Å². The van der Waals surface area contributed by atoms with Gasteiger partial charge in [0.1, 0.15) is 29.0 Å². The highest BCUT2D eigenvalue weighted by atomic mass is 16.6. The van der Waals surface area contributed by atoms with Gasteiger partial charge >= 0.3 is 0 Å². The van der Waals surface area contributed by atoms with Gasteiger partial charge in [-0.3, -0.25) is 4.79 Å². The van der Waals surface area contributed by atoms with Crippen LogP contribution in [0, 0.1) is 0 Å². The average Bonchev–Trinajstić information content (AvgIpc) is 3.40. The molecular formula is C19H21N7O3. The molecule has 10 nitrogen and oxygen atoms in total. The Balaban J connectivity index is 1.47. The molecule has 0 unspecified atom stereocenters. The molecule has 4 heterocycles. The smallest absolute Gasteiger partial charge is 0.256 e. The van der Waals surface area contributed by atoms with Gasteiger partial charge in [-0.2, -0.15) is 9.61 Å². The molecule has 2 fully saturated rings. The Kier molecular flexibility index (Phi) is 4.39. The molecule has 1 amide bonds. The van der Waals surface area contributed by atoms with E-state index < -0.39 is 0 Å². The summed E-state index contributed by atoms with van der Waals surface area (Å²) in [7, 11) is 1.79. The molecule has 0 spiro atoms. The number of carbonyl (C=O) groups excluding carboxylic acids is 1. The number of aromatic nitrogens is 4. The fourth-order valence-electron chi connectivity index (χ4n) is 3.01. The number of amides is 1. The van der Waals surface area contributed by atoms with Gasteiger partial charge in [0.25, 0.3) is 5.91 Å². The van der Waals surface area contributed by atoms with Gasteiger partial charge in [-0.15, -0.1) is 0 Å². The van der Waals surface area contributed by atoms with Gasteiger partial charge in [0.05, 0.1) is 19.4 Å². The predicted molar refractivity (Wildman–Crippen MR) is 106 cm³/mol. The number of anilines is 3. The molecule has 5 rings (SSSR count).